The molecule has 0 aromatic carbocycles. The fraction of sp³-hybridized carbons (Fsp3) is 0.900. The molecule has 13 heavy (non-hydrogen) atoms. The number of rotatable bonds is 1. The minimum absolute atomic E-state index is 0.407. The van der Waals surface area contributed by atoms with Crippen LogP contribution in [-0.4, -0.2) is 16.2 Å². The molecule has 2 nitrogen and oxygen atoms in total. The fourth-order valence-electron chi connectivity index (χ4n) is 2.66. The van der Waals surface area contributed by atoms with E-state index in [4.69, 9.17) is 0 Å². The molecule has 1 spiro atoms. The Bertz CT molecular complexity index is 254. The summed E-state index contributed by atoms with van der Waals surface area (Å²) < 4.78 is 15.2. The molecule has 0 aromatic heterocycles. The Labute approximate surface area is 82.4 Å². The van der Waals surface area contributed by atoms with E-state index in [2.05, 4.69) is 4.40 Å². The first-order valence-electron chi connectivity index (χ1n) is 5.15. The molecule has 0 N–H and O–H groups in total. The van der Waals surface area contributed by atoms with Crippen LogP contribution in [0.5, 0.6) is 0 Å². The third kappa shape index (κ3) is 1.71. The summed E-state index contributed by atoms with van der Waals surface area (Å²) in [5, 5.41) is 0. The Morgan fingerprint density at radius 1 is 1.23 bits per heavy atom. The van der Waals surface area contributed by atoms with E-state index >= 15 is 0 Å². The lowest BCUT2D eigenvalue weighted by molar-refractivity contribution is 0.227. The van der Waals surface area contributed by atoms with E-state index in [0.29, 0.717) is 5.41 Å². The highest BCUT2D eigenvalue weighted by Crippen LogP contribution is 2.49. The third-order valence-electron chi connectivity index (χ3n) is 3.50. The maximum absolute atomic E-state index is 11.0. The van der Waals surface area contributed by atoms with Crippen molar-refractivity contribution in [1.29, 1.82) is 0 Å². The van der Waals surface area contributed by atoms with Gasteiger partial charge in [0.25, 0.3) is 0 Å². The van der Waals surface area contributed by atoms with E-state index in [1.165, 1.54) is 44.2 Å². The monoisotopic (exact) mass is 199 g/mol. The Morgan fingerprint density at radius 3 is 2.38 bits per heavy atom. The molecule has 0 aromatic rings. The van der Waals surface area contributed by atoms with Gasteiger partial charge in [0.05, 0.1) is 0 Å². The van der Waals surface area contributed by atoms with Crippen molar-refractivity contribution in [1.82, 2.24) is 0 Å². The van der Waals surface area contributed by atoms with E-state index in [9.17, 15) is 4.21 Å². The van der Waals surface area contributed by atoms with Crippen LogP contribution in [0.3, 0.4) is 0 Å². The largest absolute Gasteiger partial charge is 0.235 e. The van der Waals surface area contributed by atoms with Crippen LogP contribution in [-0.2, 0) is 11.0 Å². The SMILES string of the molecule is CS(=O)/N=C1\CCC12CCCCC2. The summed E-state index contributed by atoms with van der Waals surface area (Å²) in [4.78, 5) is 0. The lowest BCUT2D eigenvalue weighted by Gasteiger charge is -2.46. The lowest BCUT2D eigenvalue weighted by Crippen LogP contribution is -2.42. The third-order valence-corrected chi connectivity index (χ3v) is 3.98. The van der Waals surface area contributed by atoms with E-state index in [1.54, 1.807) is 6.26 Å². The van der Waals surface area contributed by atoms with Crippen molar-refractivity contribution in [2.45, 2.75) is 44.9 Å². The predicted molar refractivity (Wildman–Crippen MR) is 56.3 cm³/mol. The van der Waals surface area contributed by atoms with Crippen molar-refractivity contribution < 1.29 is 4.21 Å². The van der Waals surface area contributed by atoms with E-state index in [0.717, 1.165) is 6.42 Å². The van der Waals surface area contributed by atoms with Gasteiger partial charge in [-0.2, -0.15) is 4.40 Å². The summed E-state index contributed by atoms with van der Waals surface area (Å²) >= 11 is 0. The molecule has 3 heteroatoms. The summed E-state index contributed by atoms with van der Waals surface area (Å²) in [7, 11) is -0.984. The quantitative estimate of drug-likeness (QED) is 0.638. The maximum atomic E-state index is 11.0. The van der Waals surface area contributed by atoms with Crippen molar-refractivity contribution >= 4 is 16.7 Å². The normalized spacial score (nSPS) is 31.6. The van der Waals surface area contributed by atoms with Gasteiger partial charge < -0.3 is 0 Å². The molecule has 2 rings (SSSR count). The van der Waals surface area contributed by atoms with Gasteiger partial charge in [0, 0.05) is 17.4 Å². The molecule has 74 valence electrons. The Hall–Kier alpha value is -0.180. The summed E-state index contributed by atoms with van der Waals surface area (Å²) in [5.74, 6) is 0. The lowest BCUT2D eigenvalue weighted by atomic mass is 9.59. The molecule has 0 amide bonds. The molecule has 1 atom stereocenters. The van der Waals surface area contributed by atoms with Gasteiger partial charge in [-0.3, -0.25) is 0 Å². The topological polar surface area (TPSA) is 29.4 Å². The van der Waals surface area contributed by atoms with E-state index in [1.807, 2.05) is 0 Å². The first-order valence-corrected chi connectivity index (χ1v) is 6.66. The van der Waals surface area contributed by atoms with Crippen molar-refractivity contribution in [3.8, 4) is 0 Å². The van der Waals surface area contributed by atoms with E-state index in [-0.39, 0.29) is 0 Å². The number of hydrogen-bond acceptors (Lipinski definition) is 1. The van der Waals surface area contributed by atoms with Gasteiger partial charge >= 0.3 is 0 Å². The van der Waals surface area contributed by atoms with Crippen LogP contribution < -0.4 is 0 Å². The van der Waals surface area contributed by atoms with Gasteiger partial charge in [-0.15, -0.1) is 0 Å². The minimum atomic E-state index is -0.984. The van der Waals surface area contributed by atoms with Crippen LogP contribution in [0.15, 0.2) is 4.40 Å². The zero-order valence-corrected chi connectivity index (χ0v) is 9.03. The molecule has 2 aliphatic carbocycles. The molecule has 2 saturated carbocycles. The van der Waals surface area contributed by atoms with Gasteiger partial charge in [-0.1, -0.05) is 19.3 Å². The fourth-order valence-corrected chi connectivity index (χ4v) is 3.25. The van der Waals surface area contributed by atoms with Crippen LogP contribution in [0, 0.1) is 5.41 Å². The van der Waals surface area contributed by atoms with Gasteiger partial charge in [-0.25, -0.2) is 4.21 Å². The molecular formula is C10H17NOS. The van der Waals surface area contributed by atoms with Gasteiger partial charge in [0.1, 0.15) is 11.0 Å². The van der Waals surface area contributed by atoms with Gasteiger partial charge in [0.15, 0.2) is 0 Å². The first-order chi connectivity index (χ1) is 6.23. The molecule has 0 radical (unpaired) electrons. The Morgan fingerprint density at radius 2 is 1.92 bits per heavy atom. The van der Waals surface area contributed by atoms with Crippen LogP contribution in [0.1, 0.15) is 44.9 Å². The maximum Gasteiger partial charge on any atom is 0.136 e. The molecule has 2 aliphatic rings. The van der Waals surface area contributed by atoms with Gasteiger partial charge in [0.2, 0.25) is 0 Å². The second-order valence-corrected chi connectivity index (χ2v) is 5.33. The Balaban J connectivity index is 2.10. The number of nitrogens with zero attached hydrogens (tertiary/aromatic N) is 1. The van der Waals surface area contributed by atoms with Gasteiger partial charge in [-0.05, 0) is 25.7 Å². The zero-order chi connectivity index (χ0) is 9.31. The first kappa shape index (κ1) is 9.38. The van der Waals surface area contributed by atoms with Crippen molar-refractivity contribution in [3.05, 3.63) is 0 Å². The van der Waals surface area contributed by atoms with E-state index < -0.39 is 11.0 Å². The zero-order valence-electron chi connectivity index (χ0n) is 8.21. The molecule has 0 aliphatic heterocycles. The molecule has 0 heterocycles. The molecular weight excluding hydrogens is 182 g/mol. The molecule has 0 bridgehead atoms. The summed E-state index contributed by atoms with van der Waals surface area (Å²) in [6.45, 7) is 0. The van der Waals surface area contributed by atoms with Crippen molar-refractivity contribution in [2.75, 3.05) is 6.26 Å². The molecule has 0 saturated heterocycles. The second kappa shape index (κ2) is 3.52. The second-order valence-electron chi connectivity index (χ2n) is 4.30. The smallest absolute Gasteiger partial charge is 0.136 e. The summed E-state index contributed by atoms with van der Waals surface area (Å²) in [6.07, 6.45) is 10.7. The average molecular weight is 199 g/mol. The van der Waals surface area contributed by atoms with Crippen LogP contribution in [0.25, 0.3) is 0 Å². The van der Waals surface area contributed by atoms with Crippen molar-refractivity contribution in [2.24, 2.45) is 9.81 Å². The summed E-state index contributed by atoms with van der Waals surface area (Å²) in [5.41, 5.74) is 1.66. The predicted octanol–water partition coefficient (Wildman–Crippen LogP) is 2.47. The highest BCUT2D eigenvalue weighted by Gasteiger charge is 2.44. The average Bonchev–Trinajstić information content (AvgIpc) is 2.14. The highest BCUT2D eigenvalue weighted by atomic mass is 32.2. The summed E-state index contributed by atoms with van der Waals surface area (Å²) in [6, 6.07) is 0. The van der Waals surface area contributed by atoms with Crippen LogP contribution in [0.2, 0.25) is 0 Å². The molecule has 2 fully saturated rings. The standard InChI is InChI=1S/C10H17NOS/c1-13(12)11-9-5-8-10(9)6-3-2-4-7-10/h2-8H2,1H3/b11-9+. The van der Waals surface area contributed by atoms with Crippen LogP contribution in [0.4, 0.5) is 0 Å². The minimum Gasteiger partial charge on any atom is -0.235 e. The molecule has 1 unspecified atom stereocenters. The highest BCUT2D eigenvalue weighted by molar-refractivity contribution is 7.83. The van der Waals surface area contributed by atoms with Crippen molar-refractivity contribution in [3.63, 3.8) is 0 Å². The Kier molecular flexibility index (Phi) is 2.54. The number of hydrogen-bond donors (Lipinski definition) is 0. The van der Waals surface area contributed by atoms with Crippen LogP contribution >= 0.6 is 0 Å².